The number of nitrogens with zero attached hydrogens (tertiary/aromatic N) is 2. The number of benzene rings is 1. The highest BCUT2D eigenvalue weighted by atomic mass is 16.1. The van der Waals surface area contributed by atoms with Gasteiger partial charge in [-0.3, -0.25) is 4.79 Å². The predicted molar refractivity (Wildman–Crippen MR) is 70.2 cm³/mol. The maximum atomic E-state index is 12.0. The van der Waals surface area contributed by atoms with Crippen LogP contribution in [0.5, 0.6) is 0 Å². The number of hydrogen-bond acceptors (Lipinski definition) is 3. The second-order valence-corrected chi connectivity index (χ2v) is 4.25. The molecule has 1 heterocycles. The van der Waals surface area contributed by atoms with Crippen LogP contribution < -0.4 is 11.1 Å². The Bertz CT molecular complexity index is 560. The second kappa shape index (κ2) is 5.01. The van der Waals surface area contributed by atoms with E-state index in [4.69, 9.17) is 5.73 Å². The van der Waals surface area contributed by atoms with Crippen LogP contribution in [0.4, 0.5) is 5.69 Å². The third-order valence-corrected chi connectivity index (χ3v) is 2.64. The monoisotopic (exact) mass is 244 g/mol. The summed E-state index contributed by atoms with van der Waals surface area (Å²) in [5, 5.41) is 2.83. The number of hydrogen-bond donors (Lipinski definition) is 2. The molecule has 5 nitrogen and oxygen atoms in total. The van der Waals surface area contributed by atoms with E-state index in [-0.39, 0.29) is 11.9 Å². The third kappa shape index (κ3) is 2.57. The molecule has 1 aromatic heterocycles. The summed E-state index contributed by atoms with van der Waals surface area (Å²) in [4.78, 5) is 16.0. The van der Waals surface area contributed by atoms with Gasteiger partial charge in [0.05, 0.1) is 6.33 Å². The molecule has 1 amide bonds. The Morgan fingerprint density at radius 3 is 2.78 bits per heavy atom. The van der Waals surface area contributed by atoms with Gasteiger partial charge in [-0.05, 0) is 18.6 Å². The standard InChI is InChI=1S/C13H16N4O/c1-9(14)10-5-3-4-6-11(10)16-13(18)12-7-17(2)8-15-12/h3-9H,14H2,1-2H3,(H,16,18). The number of carbonyl (C=O) groups excluding carboxylic acids is 1. The molecule has 0 aliphatic rings. The molecule has 0 bridgehead atoms. The molecule has 2 aromatic rings. The van der Waals surface area contributed by atoms with Crippen LogP contribution in [0.3, 0.4) is 0 Å². The summed E-state index contributed by atoms with van der Waals surface area (Å²) in [5.41, 5.74) is 7.88. The van der Waals surface area contributed by atoms with Gasteiger partial charge in [-0.2, -0.15) is 0 Å². The van der Waals surface area contributed by atoms with Crippen molar-refractivity contribution in [3.63, 3.8) is 0 Å². The van der Waals surface area contributed by atoms with E-state index in [0.29, 0.717) is 5.69 Å². The van der Waals surface area contributed by atoms with Gasteiger partial charge in [0.15, 0.2) is 0 Å². The van der Waals surface area contributed by atoms with E-state index in [1.165, 1.54) is 0 Å². The normalized spacial score (nSPS) is 12.2. The Hall–Kier alpha value is -2.14. The number of nitrogens with two attached hydrogens (primary N) is 1. The van der Waals surface area contributed by atoms with Crippen molar-refractivity contribution in [2.24, 2.45) is 12.8 Å². The van der Waals surface area contributed by atoms with Crippen LogP contribution in [0.25, 0.3) is 0 Å². The van der Waals surface area contributed by atoms with E-state index in [1.54, 1.807) is 17.1 Å². The molecule has 0 radical (unpaired) electrons. The summed E-state index contributed by atoms with van der Waals surface area (Å²) in [6, 6.07) is 7.36. The molecular formula is C13H16N4O. The van der Waals surface area contributed by atoms with E-state index >= 15 is 0 Å². The van der Waals surface area contributed by atoms with Gasteiger partial charge in [0, 0.05) is 25.0 Å². The van der Waals surface area contributed by atoms with Gasteiger partial charge in [0.25, 0.3) is 5.91 Å². The number of aromatic nitrogens is 2. The highest BCUT2D eigenvalue weighted by Gasteiger charge is 2.12. The molecule has 1 atom stereocenters. The van der Waals surface area contributed by atoms with E-state index < -0.39 is 0 Å². The molecule has 0 spiro atoms. The summed E-state index contributed by atoms with van der Waals surface area (Å²) in [6.45, 7) is 1.88. The molecule has 0 aliphatic carbocycles. The van der Waals surface area contributed by atoms with Crippen LogP contribution in [-0.4, -0.2) is 15.5 Å². The van der Waals surface area contributed by atoms with Crippen LogP contribution in [0.2, 0.25) is 0 Å². The number of imidazole rings is 1. The average molecular weight is 244 g/mol. The fraction of sp³-hybridized carbons (Fsp3) is 0.231. The smallest absolute Gasteiger partial charge is 0.275 e. The number of para-hydroxylation sites is 1. The van der Waals surface area contributed by atoms with Gasteiger partial charge in [-0.1, -0.05) is 18.2 Å². The topological polar surface area (TPSA) is 72.9 Å². The Morgan fingerprint density at radius 2 is 2.17 bits per heavy atom. The van der Waals surface area contributed by atoms with Gasteiger partial charge in [-0.15, -0.1) is 0 Å². The van der Waals surface area contributed by atoms with Crippen molar-refractivity contribution in [1.29, 1.82) is 0 Å². The Morgan fingerprint density at radius 1 is 1.44 bits per heavy atom. The Balaban J connectivity index is 2.22. The first-order valence-corrected chi connectivity index (χ1v) is 5.71. The van der Waals surface area contributed by atoms with Crippen LogP contribution in [-0.2, 0) is 7.05 Å². The molecule has 2 rings (SSSR count). The van der Waals surface area contributed by atoms with E-state index in [2.05, 4.69) is 10.3 Å². The quantitative estimate of drug-likeness (QED) is 0.863. The first-order chi connectivity index (χ1) is 8.58. The van der Waals surface area contributed by atoms with Crippen molar-refractivity contribution in [3.05, 3.63) is 48.0 Å². The van der Waals surface area contributed by atoms with Crippen LogP contribution in [0.1, 0.15) is 29.0 Å². The zero-order chi connectivity index (χ0) is 13.1. The molecule has 3 N–H and O–H groups in total. The number of aryl methyl sites for hydroxylation is 1. The minimum atomic E-state index is -0.233. The summed E-state index contributed by atoms with van der Waals surface area (Å²) in [7, 11) is 1.82. The number of nitrogens with one attached hydrogen (secondary N) is 1. The number of amides is 1. The van der Waals surface area contributed by atoms with Crippen LogP contribution in [0.15, 0.2) is 36.8 Å². The number of anilines is 1. The molecule has 94 valence electrons. The molecule has 18 heavy (non-hydrogen) atoms. The highest BCUT2D eigenvalue weighted by Crippen LogP contribution is 2.21. The summed E-state index contributed by atoms with van der Waals surface area (Å²) < 4.78 is 1.73. The minimum absolute atomic E-state index is 0.134. The number of rotatable bonds is 3. The van der Waals surface area contributed by atoms with Gasteiger partial charge < -0.3 is 15.6 Å². The van der Waals surface area contributed by atoms with Crippen molar-refractivity contribution in [3.8, 4) is 0 Å². The molecule has 0 fully saturated rings. The average Bonchev–Trinajstić information content (AvgIpc) is 2.76. The van der Waals surface area contributed by atoms with Crippen molar-refractivity contribution < 1.29 is 4.79 Å². The van der Waals surface area contributed by atoms with Crippen molar-refractivity contribution in [1.82, 2.24) is 9.55 Å². The fourth-order valence-electron chi connectivity index (χ4n) is 1.72. The summed E-state index contributed by atoms with van der Waals surface area (Å²) >= 11 is 0. The van der Waals surface area contributed by atoms with E-state index in [9.17, 15) is 4.79 Å². The summed E-state index contributed by atoms with van der Waals surface area (Å²) in [6.07, 6.45) is 3.26. The lowest BCUT2D eigenvalue weighted by Crippen LogP contribution is -2.16. The maximum absolute atomic E-state index is 12.0. The van der Waals surface area contributed by atoms with E-state index in [1.807, 2.05) is 38.2 Å². The molecule has 0 saturated carbocycles. The Labute approximate surface area is 106 Å². The zero-order valence-electron chi connectivity index (χ0n) is 10.4. The molecular weight excluding hydrogens is 228 g/mol. The molecule has 0 saturated heterocycles. The molecule has 0 aliphatic heterocycles. The van der Waals surface area contributed by atoms with Gasteiger partial charge in [0.1, 0.15) is 5.69 Å². The third-order valence-electron chi connectivity index (χ3n) is 2.64. The van der Waals surface area contributed by atoms with Crippen LogP contribution >= 0.6 is 0 Å². The SMILES string of the molecule is CC(N)c1ccccc1NC(=O)c1cn(C)cn1. The fourth-order valence-corrected chi connectivity index (χ4v) is 1.72. The van der Waals surface area contributed by atoms with Gasteiger partial charge in [-0.25, -0.2) is 4.98 Å². The number of carbonyl (C=O) groups is 1. The highest BCUT2D eigenvalue weighted by molar-refractivity contribution is 6.03. The molecule has 5 heteroatoms. The first-order valence-electron chi connectivity index (χ1n) is 5.71. The largest absolute Gasteiger partial charge is 0.340 e. The maximum Gasteiger partial charge on any atom is 0.275 e. The lowest BCUT2D eigenvalue weighted by atomic mass is 10.1. The van der Waals surface area contributed by atoms with Crippen LogP contribution in [0, 0.1) is 0 Å². The lowest BCUT2D eigenvalue weighted by Gasteiger charge is -2.12. The minimum Gasteiger partial charge on any atom is -0.340 e. The Kier molecular flexibility index (Phi) is 3.43. The van der Waals surface area contributed by atoms with Gasteiger partial charge >= 0.3 is 0 Å². The van der Waals surface area contributed by atoms with E-state index in [0.717, 1.165) is 11.3 Å². The van der Waals surface area contributed by atoms with Crippen molar-refractivity contribution >= 4 is 11.6 Å². The predicted octanol–water partition coefficient (Wildman–Crippen LogP) is 1.69. The lowest BCUT2D eigenvalue weighted by molar-refractivity contribution is 0.102. The first kappa shape index (κ1) is 12.3. The zero-order valence-corrected chi connectivity index (χ0v) is 10.4. The van der Waals surface area contributed by atoms with Crippen molar-refractivity contribution in [2.75, 3.05) is 5.32 Å². The van der Waals surface area contributed by atoms with Gasteiger partial charge in [0.2, 0.25) is 0 Å². The second-order valence-electron chi connectivity index (χ2n) is 4.25. The summed E-state index contributed by atoms with van der Waals surface area (Å²) in [5.74, 6) is -0.233. The molecule has 1 aromatic carbocycles. The molecule has 1 unspecified atom stereocenters. The van der Waals surface area contributed by atoms with Crippen molar-refractivity contribution in [2.45, 2.75) is 13.0 Å².